The average molecular weight is 393 g/mol. The molecule has 0 saturated heterocycles. The standard InChI is InChI=1S/C23H36O5/c1-21(8-5-16(26)12-15(21)13-24)18-6-9-22(2)19(17(18)14-25)7-10-23(22,27)20-4-3-11-28-20/h3-4,11,15-19,24-27H,5-10,12-14H2,1-2H3/t15-,16+,17-,18+,19+,21-,22+,23-/m1/s1. The zero-order valence-corrected chi connectivity index (χ0v) is 17.2. The topological polar surface area (TPSA) is 94.1 Å². The molecule has 1 heterocycles. The van der Waals surface area contributed by atoms with E-state index < -0.39 is 5.60 Å². The van der Waals surface area contributed by atoms with Crippen molar-refractivity contribution in [2.24, 2.45) is 34.5 Å². The van der Waals surface area contributed by atoms with Gasteiger partial charge in [-0.05, 0) is 86.2 Å². The molecule has 3 saturated carbocycles. The van der Waals surface area contributed by atoms with Crippen LogP contribution >= 0.6 is 0 Å². The monoisotopic (exact) mass is 392 g/mol. The highest BCUT2D eigenvalue weighted by atomic mass is 16.4. The van der Waals surface area contributed by atoms with Gasteiger partial charge in [0.2, 0.25) is 0 Å². The average Bonchev–Trinajstić information content (AvgIpc) is 3.31. The van der Waals surface area contributed by atoms with Crippen LogP contribution in [0.3, 0.4) is 0 Å². The van der Waals surface area contributed by atoms with Gasteiger partial charge in [0.1, 0.15) is 11.4 Å². The van der Waals surface area contributed by atoms with Crippen molar-refractivity contribution in [1.29, 1.82) is 0 Å². The Morgan fingerprint density at radius 1 is 1.04 bits per heavy atom. The van der Waals surface area contributed by atoms with E-state index in [1.54, 1.807) is 6.26 Å². The number of hydrogen-bond acceptors (Lipinski definition) is 5. The summed E-state index contributed by atoms with van der Waals surface area (Å²) in [6.07, 6.45) is 6.91. The van der Waals surface area contributed by atoms with Crippen molar-refractivity contribution in [3.05, 3.63) is 24.2 Å². The molecule has 3 aliphatic rings. The fraction of sp³-hybridized carbons (Fsp3) is 0.826. The number of fused-ring (bicyclic) bond motifs is 1. The Labute approximate surface area is 167 Å². The molecule has 0 amide bonds. The van der Waals surface area contributed by atoms with E-state index in [1.165, 1.54) is 0 Å². The van der Waals surface area contributed by atoms with Crippen LogP contribution in [-0.4, -0.2) is 39.7 Å². The maximum absolute atomic E-state index is 11.7. The van der Waals surface area contributed by atoms with Crippen molar-refractivity contribution in [3.8, 4) is 0 Å². The van der Waals surface area contributed by atoms with Gasteiger partial charge in [-0.1, -0.05) is 13.8 Å². The van der Waals surface area contributed by atoms with Gasteiger partial charge in [-0.25, -0.2) is 0 Å². The van der Waals surface area contributed by atoms with Crippen molar-refractivity contribution in [3.63, 3.8) is 0 Å². The molecule has 5 heteroatoms. The van der Waals surface area contributed by atoms with Crippen LogP contribution in [0, 0.1) is 34.5 Å². The van der Waals surface area contributed by atoms with Crippen molar-refractivity contribution < 1.29 is 24.8 Å². The number of rotatable bonds is 4. The SMILES string of the molecule is C[C@@]1([C@H]2CC[C@@]3(C)[C@@H](CC[C@@]3(O)c3ccco3)[C@@H]2CO)CC[C@H](O)C[C@@H]1CO. The van der Waals surface area contributed by atoms with Gasteiger partial charge in [0, 0.05) is 18.6 Å². The van der Waals surface area contributed by atoms with E-state index >= 15 is 0 Å². The number of furan rings is 1. The fourth-order valence-corrected chi connectivity index (χ4v) is 7.46. The summed E-state index contributed by atoms with van der Waals surface area (Å²) < 4.78 is 5.64. The van der Waals surface area contributed by atoms with Gasteiger partial charge in [0.25, 0.3) is 0 Å². The second kappa shape index (κ2) is 7.12. The Morgan fingerprint density at radius 2 is 1.79 bits per heavy atom. The zero-order valence-electron chi connectivity index (χ0n) is 17.2. The molecule has 158 valence electrons. The molecule has 0 radical (unpaired) electrons. The third-order valence-electron chi connectivity index (χ3n) is 9.30. The van der Waals surface area contributed by atoms with Crippen molar-refractivity contribution in [1.82, 2.24) is 0 Å². The first-order valence-electron chi connectivity index (χ1n) is 11.0. The molecule has 1 aromatic rings. The number of aliphatic hydroxyl groups is 4. The molecule has 28 heavy (non-hydrogen) atoms. The molecular weight excluding hydrogens is 356 g/mol. The quantitative estimate of drug-likeness (QED) is 0.632. The minimum atomic E-state index is -0.987. The normalized spacial score (nSPS) is 49.1. The molecule has 0 spiro atoms. The van der Waals surface area contributed by atoms with Gasteiger partial charge in [-0.2, -0.15) is 0 Å². The summed E-state index contributed by atoms with van der Waals surface area (Å²) >= 11 is 0. The van der Waals surface area contributed by atoms with Gasteiger partial charge < -0.3 is 24.8 Å². The highest BCUT2D eigenvalue weighted by molar-refractivity contribution is 5.21. The summed E-state index contributed by atoms with van der Waals surface area (Å²) in [6.45, 7) is 4.61. The Morgan fingerprint density at radius 3 is 2.43 bits per heavy atom. The van der Waals surface area contributed by atoms with E-state index in [4.69, 9.17) is 4.42 Å². The molecule has 0 aromatic carbocycles. The molecule has 3 aliphatic carbocycles. The molecule has 0 aliphatic heterocycles. The van der Waals surface area contributed by atoms with Crippen LogP contribution in [-0.2, 0) is 5.60 Å². The first-order chi connectivity index (χ1) is 13.3. The van der Waals surface area contributed by atoms with E-state index in [9.17, 15) is 20.4 Å². The Balaban J connectivity index is 1.66. The molecule has 0 bridgehead atoms. The van der Waals surface area contributed by atoms with Gasteiger partial charge in [-0.3, -0.25) is 0 Å². The van der Waals surface area contributed by atoms with Gasteiger partial charge >= 0.3 is 0 Å². The lowest BCUT2D eigenvalue weighted by Gasteiger charge is -2.57. The predicted molar refractivity (Wildman–Crippen MR) is 105 cm³/mol. The highest BCUT2D eigenvalue weighted by Gasteiger charge is 2.64. The first kappa shape index (κ1) is 20.4. The summed E-state index contributed by atoms with van der Waals surface area (Å²) in [5, 5.41) is 42.3. The van der Waals surface area contributed by atoms with Crippen LogP contribution in [0.2, 0.25) is 0 Å². The van der Waals surface area contributed by atoms with Crippen LogP contribution in [0.15, 0.2) is 22.8 Å². The smallest absolute Gasteiger partial charge is 0.135 e. The third kappa shape index (κ3) is 2.73. The molecular formula is C23H36O5. The van der Waals surface area contributed by atoms with Crippen molar-refractivity contribution >= 4 is 0 Å². The van der Waals surface area contributed by atoms with Gasteiger partial charge in [0.15, 0.2) is 0 Å². The highest BCUT2D eigenvalue weighted by Crippen LogP contribution is 2.67. The molecule has 1 aromatic heterocycles. The maximum Gasteiger partial charge on any atom is 0.135 e. The zero-order chi connectivity index (χ0) is 20.2. The van der Waals surface area contributed by atoms with Crippen molar-refractivity contribution in [2.75, 3.05) is 13.2 Å². The second-order valence-electron chi connectivity index (χ2n) is 10.2. The summed E-state index contributed by atoms with van der Waals surface area (Å²) in [7, 11) is 0. The first-order valence-corrected chi connectivity index (χ1v) is 11.0. The molecule has 8 atom stereocenters. The minimum Gasteiger partial charge on any atom is -0.466 e. The van der Waals surface area contributed by atoms with E-state index in [2.05, 4.69) is 13.8 Å². The third-order valence-corrected chi connectivity index (χ3v) is 9.30. The predicted octanol–water partition coefficient (Wildman–Crippen LogP) is 3.06. The summed E-state index contributed by atoms with van der Waals surface area (Å²) in [5.74, 6) is 1.31. The molecule has 0 unspecified atom stereocenters. The molecule has 4 rings (SSSR count). The van der Waals surface area contributed by atoms with Crippen LogP contribution in [0.5, 0.6) is 0 Å². The van der Waals surface area contributed by atoms with E-state index in [-0.39, 0.29) is 47.9 Å². The summed E-state index contributed by atoms with van der Waals surface area (Å²) in [4.78, 5) is 0. The lowest BCUT2D eigenvalue weighted by molar-refractivity contribution is -0.159. The Bertz CT molecular complexity index is 675. The summed E-state index contributed by atoms with van der Waals surface area (Å²) in [6, 6.07) is 3.71. The van der Waals surface area contributed by atoms with Gasteiger partial charge in [-0.15, -0.1) is 0 Å². The Hall–Kier alpha value is -0.880. The van der Waals surface area contributed by atoms with Gasteiger partial charge in [0.05, 0.1) is 12.4 Å². The molecule has 3 fully saturated rings. The second-order valence-corrected chi connectivity index (χ2v) is 10.2. The van der Waals surface area contributed by atoms with E-state index in [0.29, 0.717) is 24.5 Å². The van der Waals surface area contributed by atoms with Crippen LogP contribution in [0.4, 0.5) is 0 Å². The van der Waals surface area contributed by atoms with E-state index in [1.807, 2.05) is 12.1 Å². The van der Waals surface area contributed by atoms with Crippen LogP contribution in [0.25, 0.3) is 0 Å². The maximum atomic E-state index is 11.7. The van der Waals surface area contributed by atoms with Crippen LogP contribution in [0.1, 0.15) is 64.6 Å². The van der Waals surface area contributed by atoms with Crippen LogP contribution < -0.4 is 0 Å². The molecule has 4 N–H and O–H groups in total. The molecule has 5 nitrogen and oxygen atoms in total. The lowest BCUT2D eigenvalue weighted by Crippen LogP contribution is -2.55. The minimum absolute atomic E-state index is 0.0602. The number of hydrogen-bond donors (Lipinski definition) is 4. The number of aliphatic hydroxyl groups excluding tert-OH is 3. The fourth-order valence-electron chi connectivity index (χ4n) is 7.46. The largest absolute Gasteiger partial charge is 0.466 e. The van der Waals surface area contributed by atoms with E-state index in [0.717, 1.165) is 32.1 Å². The Kier molecular flexibility index (Phi) is 5.18. The van der Waals surface area contributed by atoms with Crippen molar-refractivity contribution in [2.45, 2.75) is 70.5 Å². The lowest BCUT2D eigenvalue weighted by atomic mass is 9.48. The summed E-state index contributed by atoms with van der Waals surface area (Å²) in [5.41, 5.74) is -1.40.